The van der Waals surface area contributed by atoms with Gasteiger partial charge in [-0.1, -0.05) is 48.6 Å². The molecule has 4 aromatic rings. The fraction of sp³-hybridized carbons (Fsp3) is 0.400. The Balaban J connectivity index is 1.51. The van der Waals surface area contributed by atoms with Crippen molar-refractivity contribution < 1.29 is 22.3 Å². The van der Waals surface area contributed by atoms with E-state index in [0.29, 0.717) is 10.9 Å². The molecule has 228 valence electrons. The van der Waals surface area contributed by atoms with Gasteiger partial charge in [0.2, 0.25) is 0 Å². The van der Waals surface area contributed by atoms with Gasteiger partial charge in [-0.3, -0.25) is 4.90 Å². The first-order chi connectivity index (χ1) is 20.3. The highest BCUT2D eigenvalue weighted by Gasteiger charge is 2.30. The Morgan fingerprint density at radius 2 is 1.84 bits per heavy atom. The summed E-state index contributed by atoms with van der Waals surface area (Å²) in [5.74, 6) is -0.826. The van der Waals surface area contributed by atoms with Crippen LogP contribution in [0, 0.1) is 12.7 Å². The number of ether oxygens (including phenoxy) is 1. The molecule has 43 heavy (non-hydrogen) atoms. The van der Waals surface area contributed by atoms with Gasteiger partial charge in [0.25, 0.3) is 10.0 Å². The summed E-state index contributed by atoms with van der Waals surface area (Å²) >= 11 is 6.24. The number of pyridine rings is 1. The quantitative estimate of drug-likeness (QED) is 0.223. The topological polar surface area (TPSA) is 119 Å². The molecule has 0 saturated heterocycles. The van der Waals surface area contributed by atoms with Crippen LogP contribution in [0.25, 0.3) is 22.4 Å². The van der Waals surface area contributed by atoms with Crippen LogP contribution in [0.3, 0.4) is 0 Å². The van der Waals surface area contributed by atoms with E-state index in [1.807, 2.05) is 6.92 Å². The molecule has 10 nitrogen and oxygen atoms in total. The maximum absolute atomic E-state index is 15.0. The predicted molar refractivity (Wildman–Crippen MR) is 163 cm³/mol. The van der Waals surface area contributed by atoms with Crippen LogP contribution in [0.4, 0.5) is 15.0 Å². The molecular formula is C30H34ClFN6O4S. The Hall–Kier alpha value is -3.77. The molecule has 0 unspecified atom stereocenters. The van der Waals surface area contributed by atoms with Crippen molar-refractivity contribution >= 4 is 44.6 Å². The zero-order valence-electron chi connectivity index (χ0n) is 24.5. The summed E-state index contributed by atoms with van der Waals surface area (Å²) in [4.78, 5) is 27.6. The van der Waals surface area contributed by atoms with Crippen LogP contribution < -0.4 is 5.32 Å². The van der Waals surface area contributed by atoms with Crippen molar-refractivity contribution in [2.75, 3.05) is 12.0 Å². The molecule has 1 aliphatic rings. The number of nitrogens with zero attached hydrogens (tertiary/aromatic N) is 5. The molecule has 5 rings (SSSR count). The van der Waals surface area contributed by atoms with Crippen LogP contribution in [0.2, 0.25) is 5.02 Å². The van der Waals surface area contributed by atoms with E-state index in [-0.39, 0.29) is 39.9 Å². The SMILES string of the molecule is Cc1ccc(S(=O)(=O)n2cc(-c3ncc(F)c(NCN(C(=O)OC(C)(C)C)C4CCCCC4)n3)c3cc(Cl)cnc32)cc1. The number of fused-ring (bicyclic) bond motifs is 1. The third kappa shape index (κ3) is 6.75. The fourth-order valence-electron chi connectivity index (χ4n) is 5.08. The molecule has 0 aliphatic heterocycles. The van der Waals surface area contributed by atoms with E-state index in [9.17, 15) is 13.2 Å². The van der Waals surface area contributed by atoms with Crippen molar-refractivity contribution in [1.82, 2.24) is 23.8 Å². The number of amides is 1. The summed E-state index contributed by atoms with van der Waals surface area (Å²) in [7, 11) is -4.05. The molecule has 3 heterocycles. The van der Waals surface area contributed by atoms with E-state index in [2.05, 4.69) is 20.3 Å². The second-order valence-electron chi connectivity index (χ2n) is 11.6. The molecule has 0 spiro atoms. The van der Waals surface area contributed by atoms with Crippen LogP contribution >= 0.6 is 11.6 Å². The number of aromatic nitrogens is 4. The monoisotopic (exact) mass is 628 g/mol. The number of aryl methyl sites for hydroxylation is 1. The van der Waals surface area contributed by atoms with Gasteiger partial charge in [-0.15, -0.1) is 0 Å². The normalized spacial score (nSPS) is 14.6. The molecule has 1 saturated carbocycles. The molecule has 3 aromatic heterocycles. The summed E-state index contributed by atoms with van der Waals surface area (Å²) in [6.07, 6.45) is 7.93. The molecule has 1 N–H and O–H groups in total. The van der Waals surface area contributed by atoms with Crippen molar-refractivity contribution in [2.24, 2.45) is 0 Å². The van der Waals surface area contributed by atoms with Gasteiger partial charge in [0.15, 0.2) is 23.1 Å². The second-order valence-corrected chi connectivity index (χ2v) is 13.9. The Kier molecular flexibility index (Phi) is 8.62. The second kappa shape index (κ2) is 12.1. The van der Waals surface area contributed by atoms with Gasteiger partial charge in [0.1, 0.15) is 5.60 Å². The average molecular weight is 629 g/mol. The minimum Gasteiger partial charge on any atom is -0.444 e. The van der Waals surface area contributed by atoms with Gasteiger partial charge in [0, 0.05) is 29.4 Å². The first-order valence-electron chi connectivity index (χ1n) is 14.1. The third-order valence-corrected chi connectivity index (χ3v) is 9.07. The van der Waals surface area contributed by atoms with Gasteiger partial charge in [-0.2, -0.15) is 0 Å². The lowest BCUT2D eigenvalue weighted by molar-refractivity contribution is 0.0140. The zero-order valence-corrected chi connectivity index (χ0v) is 26.0. The molecule has 0 bridgehead atoms. The lowest BCUT2D eigenvalue weighted by Gasteiger charge is -2.35. The molecule has 1 aliphatic carbocycles. The molecular weight excluding hydrogens is 595 g/mol. The van der Waals surface area contributed by atoms with Crippen molar-refractivity contribution in [1.29, 1.82) is 0 Å². The summed E-state index contributed by atoms with van der Waals surface area (Å²) < 4.78 is 49.0. The van der Waals surface area contributed by atoms with Gasteiger partial charge in [-0.05, 0) is 58.7 Å². The van der Waals surface area contributed by atoms with Crippen molar-refractivity contribution in [2.45, 2.75) is 76.3 Å². The van der Waals surface area contributed by atoms with Crippen LogP contribution in [-0.2, 0) is 14.8 Å². The number of anilines is 1. The summed E-state index contributed by atoms with van der Waals surface area (Å²) in [6.45, 7) is 7.21. The molecule has 0 radical (unpaired) electrons. The van der Waals surface area contributed by atoms with Crippen LogP contribution in [0.15, 0.2) is 53.8 Å². The van der Waals surface area contributed by atoms with Crippen molar-refractivity contribution in [3.63, 3.8) is 0 Å². The van der Waals surface area contributed by atoms with Crippen LogP contribution in [-0.4, -0.2) is 56.6 Å². The number of hydrogen-bond acceptors (Lipinski definition) is 8. The lowest BCUT2D eigenvalue weighted by atomic mass is 9.94. The lowest BCUT2D eigenvalue weighted by Crippen LogP contribution is -2.46. The standard InChI is InChI=1S/C30H34ClFN6O4S/c1-19-10-12-22(13-11-19)43(40,41)38-17-24(23-14-20(31)15-34-28(23)38)26-33-16-25(32)27(36-26)35-18-37(21-8-6-5-7-9-21)29(39)42-30(2,3)4/h10-17,21H,5-9,18H2,1-4H3,(H,33,35,36). The first-order valence-corrected chi connectivity index (χ1v) is 15.9. The Bertz CT molecular complexity index is 1750. The van der Waals surface area contributed by atoms with E-state index in [1.54, 1.807) is 43.9 Å². The summed E-state index contributed by atoms with van der Waals surface area (Å²) in [5, 5.41) is 3.60. The minimum atomic E-state index is -4.05. The van der Waals surface area contributed by atoms with Gasteiger partial charge in [-0.25, -0.2) is 36.5 Å². The van der Waals surface area contributed by atoms with Crippen LogP contribution in [0.5, 0.6) is 0 Å². The molecule has 1 amide bonds. The minimum absolute atomic E-state index is 0.0378. The number of rotatable bonds is 7. The third-order valence-electron chi connectivity index (χ3n) is 7.20. The maximum Gasteiger partial charge on any atom is 0.411 e. The highest BCUT2D eigenvalue weighted by atomic mass is 35.5. The van der Waals surface area contributed by atoms with E-state index < -0.39 is 27.5 Å². The first kappa shape index (κ1) is 30.7. The Morgan fingerprint density at radius 1 is 1.14 bits per heavy atom. The van der Waals surface area contributed by atoms with E-state index >= 15 is 4.39 Å². The number of halogens is 2. The Morgan fingerprint density at radius 3 is 2.51 bits per heavy atom. The number of benzene rings is 1. The Labute approximate surface area is 255 Å². The molecule has 0 atom stereocenters. The highest BCUT2D eigenvalue weighted by molar-refractivity contribution is 7.90. The fourth-order valence-corrected chi connectivity index (χ4v) is 6.56. The average Bonchev–Trinajstić information content (AvgIpc) is 3.33. The molecule has 1 fully saturated rings. The summed E-state index contributed by atoms with van der Waals surface area (Å²) in [5.41, 5.74) is 0.631. The van der Waals surface area contributed by atoms with E-state index in [1.165, 1.54) is 24.5 Å². The van der Waals surface area contributed by atoms with Gasteiger partial charge >= 0.3 is 6.09 Å². The smallest absolute Gasteiger partial charge is 0.411 e. The maximum atomic E-state index is 15.0. The summed E-state index contributed by atoms with van der Waals surface area (Å²) in [6, 6.07) is 7.96. The number of carbonyl (C=O) groups excluding carboxylic acids is 1. The zero-order chi connectivity index (χ0) is 30.9. The van der Waals surface area contributed by atoms with E-state index in [0.717, 1.165) is 47.8 Å². The van der Waals surface area contributed by atoms with Crippen LogP contribution in [0.1, 0.15) is 58.4 Å². The largest absolute Gasteiger partial charge is 0.444 e. The number of nitrogens with one attached hydrogen (secondary N) is 1. The molecule has 13 heteroatoms. The highest BCUT2D eigenvalue weighted by Crippen LogP contribution is 2.33. The van der Waals surface area contributed by atoms with Crippen molar-refractivity contribution in [3.05, 3.63) is 65.3 Å². The molecule has 1 aromatic carbocycles. The van der Waals surface area contributed by atoms with Crippen molar-refractivity contribution in [3.8, 4) is 11.4 Å². The van der Waals surface area contributed by atoms with Gasteiger partial charge in [0.05, 0.1) is 22.8 Å². The number of hydrogen-bond donors (Lipinski definition) is 1. The number of carbonyl (C=O) groups is 1. The van der Waals surface area contributed by atoms with Gasteiger partial charge < -0.3 is 10.1 Å². The van der Waals surface area contributed by atoms with E-state index in [4.69, 9.17) is 16.3 Å². The predicted octanol–water partition coefficient (Wildman–Crippen LogP) is 6.77.